The lowest BCUT2D eigenvalue weighted by atomic mass is 10.1. The lowest BCUT2D eigenvalue weighted by Gasteiger charge is -2.11. The minimum Gasteiger partial charge on any atom is -0.452 e. The minimum atomic E-state index is -0.764. The van der Waals surface area contributed by atoms with Gasteiger partial charge in [0.2, 0.25) is 5.91 Å². The van der Waals surface area contributed by atoms with Crippen LogP contribution in [0.1, 0.15) is 34.1 Å². The van der Waals surface area contributed by atoms with Gasteiger partial charge >= 0.3 is 5.97 Å². The molecule has 0 aromatic heterocycles. The van der Waals surface area contributed by atoms with Gasteiger partial charge in [-0.25, -0.2) is 4.79 Å². The first-order chi connectivity index (χ1) is 14.0. The summed E-state index contributed by atoms with van der Waals surface area (Å²) >= 11 is 0. The van der Waals surface area contributed by atoms with Crippen molar-refractivity contribution in [1.29, 1.82) is 0 Å². The van der Waals surface area contributed by atoms with Gasteiger partial charge in [-0.3, -0.25) is 14.4 Å². The molecule has 2 aromatic carbocycles. The highest BCUT2D eigenvalue weighted by Gasteiger charge is 2.16. The molecule has 0 spiro atoms. The fourth-order valence-electron chi connectivity index (χ4n) is 2.32. The Labute approximate surface area is 168 Å². The van der Waals surface area contributed by atoms with Crippen molar-refractivity contribution in [3.05, 3.63) is 65.7 Å². The maximum absolute atomic E-state index is 12.3. The molecule has 29 heavy (non-hydrogen) atoms. The molecule has 0 aliphatic carbocycles. The molecular weight excluding hydrogens is 374 g/mol. The van der Waals surface area contributed by atoms with Gasteiger partial charge in [0.05, 0.1) is 17.8 Å². The fraction of sp³-hybridized carbons (Fsp3) is 0.238. The van der Waals surface area contributed by atoms with Crippen LogP contribution in [0.4, 0.5) is 5.69 Å². The number of amides is 3. The first-order valence-corrected chi connectivity index (χ1v) is 9.17. The maximum atomic E-state index is 12.3. The first kappa shape index (κ1) is 21.6. The molecule has 2 aromatic rings. The fourth-order valence-corrected chi connectivity index (χ4v) is 2.32. The third-order valence-corrected chi connectivity index (χ3v) is 3.78. The van der Waals surface area contributed by atoms with Crippen LogP contribution in [0.2, 0.25) is 0 Å². The number of anilines is 1. The van der Waals surface area contributed by atoms with Crippen LogP contribution in [-0.2, 0) is 14.3 Å². The number of benzene rings is 2. The average molecular weight is 397 g/mol. The van der Waals surface area contributed by atoms with Gasteiger partial charge in [0.15, 0.2) is 6.61 Å². The van der Waals surface area contributed by atoms with E-state index in [1.807, 2.05) is 6.92 Å². The quantitative estimate of drug-likeness (QED) is 0.558. The Morgan fingerprint density at radius 1 is 0.862 bits per heavy atom. The Morgan fingerprint density at radius 3 is 2.28 bits per heavy atom. The molecule has 0 heterocycles. The summed E-state index contributed by atoms with van der Waals surface area (Å²) in [5.74, 6) is -2.06. The molecule has 0 radical (unpaired) electrons. The van der Waals surface area contributed by atoms with Gasteiger partial charge in [-0.05, 0) is 30.7 Å². The molecule has 0 aliphatic heterocycles. The van der Waals surface area contributed by atoms with Crippen LogP contribution in [0.25, 0.3) is 0 Å². The van der Waals surface area contributed by atoms with Crippen molar-refractivity contribution in [2.75, 3.05) is 25.0 Å². The van der Waals surface area contributed by atoms with Crippen LogP contribution in [0, 0.1) is 0 Å². The van der Waals surface area contributed by atoms with E-state index in [-0.39, 0.29) is 29.6 Å². The molecule has 0 unspecified atom stereocenters. The number of nitrogens with one attached hydrogen (secondary N) is 3. The number of rotatable bonds is 9. The third kappa shape index (κ3) is 7.10. The molecule has 0 atom stereocenters. The van der Waals surface area contributed by atoms with E-state index in [0.717, 1.165) is 6.42 Å². The second kappa shape index (κ2) is 11.2. The van der Waals surface area contributed by atoms with Crippen LogP contribution in [-0.4, -0.2) is 43.4 Å². The molecule has 3 N–H and O–H groups in total. The molecule has 8 nitrogen and oxygen atoms in total. The van der Waals surface area contributed by atoms with Gasteiger partial charge in [0.1, 0.15) is 0 Å². The van der Waals surface area contributed by atoms with Crippen LogP contribution >= 0.6 is 0 Å². The smallest absolute Gasteiger partial charge is 0.340 e. The highest BCUT2D eigenvalue weighted by molar-refractivity contribution is 6.08. The SMILES string of the molecule is CCCNC(=O)CNC(=O)COC(=O)c1ccccc1NC(=O)c1ccccc1. The highest BCUT2D eigenvalue weighted by atomic mass is 16.5. The molecular formula is C21H23N3O5. The van der Waals surface area contributed by atoms with Gasteiger partial charge < -0.3 is 20.7 Å². The van der Waals surface area contributed by atoms with Crippen LogP contribution in [0.3, 0.4) is 0 Å². The van der Waals surface area contributed by atoms with Crippen molar-refractivity contribution >= 4 is 29.4 Å². The van der Waals surface area contributed by atoms with E-state index in [1.54, 1.807) is 48.5 Å². The molecule has 0 saturated heterocycles. The summed E-state index contributed by atoms with van der Waals surface area (Å²) in [6.45, 7) is 1.70. The summed E-state index contributed by atoms with van der Waals surface area (Å²) in [7, 11) is 0. The number of esters is 1. The van der Waals surface area contributed by atoms with Gasteiger partial charge in [-0.2, -0.15) is 0 Å². The van der Waals surface area contributed by atoms with Crippen molar-refractivity contribution in [3.8, 4) is 0 Å². The Morgan fingerprint density at radius 2 is 1.55 bits per heavy atom. The summed E-state index contributed by atoms with van der Waals surface area (Å²) in [6, 6.07) is 14.9. The van der Waals surface area contributed by atoms with Crippen LogP contribution < -0.4 is 16.0 Å². The summed E-state index contributed by atoms with van der Waals surface area (Å²) in [5, 5.41) is 7.65. The van der Waals surface area contributed by atoms with E-state index < -0.39 is 18.5 Å². The molecule has 0 saturated carbocycles. The number of hydrogen-bond acceptors (Lipinski definition) is 5. The largest absolute Gasteiger partial charge is 0.452 e. The molecule has 0 bridgehead atoms. The Hall–Kier alpha value is -3.68. The lowest BCUT2D eigenvalue weighted by Crippen LogP contribution is -2.38. The Balaban J connectivity index is 1.90. The van der Waals surface area contributed by atoms with Crippen LogP contribution in [0.5, 0.6) is 0 Å². The van der Waals surface area contributed by atoms with Crippen molar-refractivity contribution in [1.82, 2.24) is 10.6 Å². The van der Waals surface area contributed by atoms with Crippen molar-refractivity contribution in [3.63, 3.8) is 0 Å². The van der Waals surface area contributed by atoms with Gasteiger partial charge in [0, 0.05) is 12.1 Å². The zero-order valence-corrected chi connectivity index (χ0v) is 16.1. The predicted octanol–water partition coefficient (Wildman–Crippen LogP) is 1.74. The molecule has 152 valence electrons. The van der Waals surface area contributed by atoms with Crippen molar-refractivity contribution in [2.24, 2.45) is 0 Å². The molecule has 2 rings (SSSR count). The van der Waals surface area contributed by atoms with E-state index in [2.05, 4.69) is 16.0 Å². The summed E-state index contributed by atoms with van der Waals surface area (Å²) < 4.78 is 5.00. The van der Waals surface area contributed by atoms with Crippen molar-refractivity contribution in [2.45, 2.75) is 13.3 Å². The lowest BCUT2D eigenvalue weighted by molar-refractivity contribution is -0.127. The predicted molar refractivity (Wildman–Crippen MR) is 107 cm³/mol. The maximum Gasteiger partial charge on any atom is 0.340 e. The minimum absolute atomic E-state index is 0.116. The first-order valence-electron chi connectivity index (χ1n) is 9.17. The zero-order chi connectivity index (χ0) is 21.1. The van der Waals surface area contributed by atoms with E-state index in [1.165, 1.54) is 6.07 Å². The summed E-state index contributed by atoms with van der Waals surface area (Å²) in [6.07, 6.45) is 0.789. The summed E-state index contributed by atoms with van der Waals surface area (Å²) in [5.41, 5.74) is 0.826. The van der Waals surface area contributed by atoms with E-state index in [4.69, 9.17) is 4.74 Å². The number of carbonyl (C=O) groups is 4. The molecule has 3 amide bonds. The Kier molecular flexibility index (Phi) is 8.37. The standard InChI is InChI=1S/C21H23N3O5/c1-2-12-22-18(25)13-23-19(26)14-29-21(28)16-10-6-7-11-17(16)24-20(27)15-8-4-3-5-9-15/h3-11H,2,12-14H2,1H3,(H,22,25)(H,23,26)(H,24,27). The van der Waals surface area contributed by atoms with Crippen LogP contribution in [0.15, 0.2) is 54.6 Å². The third-order valence-electron chi connectivity index (χ3n) is 3.78. The van der Waals surface area contributed by atoms with E-state index >= 15 is 0 Å². The van der Waals surface area contributed by atoms with Crippen molar-refractivity contribution < 1.29 is 23.9 Å². The average Bonchev–Trinajstić information content (AvgIpc) is 2.75. The Bertz CT molecular complexity index is 868. The van der Waals surface area contributed by atoms with Gasteiger partial charge in [-0.15, -0.1) is 0 Å². The van der Waals surface area contributed by atoms with E-state index in [0.29, 0.717) is 12.1 Å². The number of hydrogen-bond donors (Lipinski definition) is 3. The topological polar surface area (TPSA) is 114 Å². The normalized spacial score (nSPS) is 9.97. The second-order valence-corrected chi connectivity index (χ2v) is 6.07. The molecule has 8 heteroatoms. The number of para-hydroxylation sites is 1. The number of ether oxygens (including phenoxy) is 1. The number of carbonyl (C=O) groups excluding carboxylic acids is 4. The summed E-state index contributed by atoms with van der Waals surface area (Å²) in [4.78, 5) is 47.9. The monoisotopic (exact) mass is 397 g/mol. The molecule has 0 fully saturated rings. The molecule has 0 aliphatic rings. The second-order valence-electron chi connectivity index (χ2n) is 6.07. The van der Waals surface area contributed by atoms with E-state index in [9.17, 15) is 19.2 Å². The van der Waals surface area contributed by atoms with Gasteiger partial charge in [0.25, 0.3) is 11.8 Å². The highest BCUT2D eigenvalue weighted by Crippen LogP contribution is 2.17. The van der Waals surface area contributed by atoms with Gasteiger partial charge in [-0.1, -0.05) is 37.3 Å². The zero-order valence-electron chi connectivity index (χ0n) is 16.1.